The molecule has 1 saturated heterocycles. The smallest absolute Gasteiger partial charge is 0.290 e. The second kappa shape index (κ2) is 6.93. The first-order valence-electron chi connectivity index (χ1n) is 6.74. The Kier molecular flexibility index (Phi) is 4.72. The van der Waals surface area contributed by atoms with Gasteiger partial charge in [0.25, 0.3) is 17.1 Å². The Morgan fingerprint density at radius 2 is 2.04 bits per heavy atom. The molecule has 2 N–H and O–H groups in total. The number of aromatic nitrogens is 1. The molecule has 122 valence electrons. The van der Waals surface area contributed by atoms with Gasteiger partial charge in [-0.1, -0.05) is 12.1 Å². The zero-order valence-electron chi connectivity index (χ0n) is 12.0. The molecule has 0 saturated carbocycles. The first-order chi connectivity index (χ1) is 11.5. The number of thioether (sulfide) groups is 1. The van der Waals surface area contributed by atoms with E-state index in [2.05, 4.69) is 15.6 Å². The number of hydrogen-bond donors (Lipinski definition) is 2. The number of carbonyl (C=O) groups is 3. The predicted molar refractivity (Wildman–Crippen MR) is 89.2 cm³/mol. The Labute approximate surface area is 144 Å². The van der Waals surface area contributed by atoms with E-state index in [1.54, 1.807) is 18.3 Å². The quantitative estimate of drug-likeness (QED) is 0.816. The number of benzene rings is 1. The van der Waals surface area contributed by atoms with Gasteiger partial charge in [0.05, 0.1) is 4.91 Å². The summed E-state index contributed by atoms with van der Waals surface area (Å²) in [6.45, 7) is 0. The van der Waals surface area contributed by atoms with Gasteiger partial charge in [0.2, 0.25) is 0 Å². The standard InChI is InChI=1S/C15H10FN3O3S2/c16-9-3-1-8(2-4-9)5-10-7-17-14(23-10)18-12(20)6-11-13(21)19-15(22)24-11/h1-4,6-7H,5H2,(H,17,18,20)(H,19,21,22)/b11-6-. The highest BCUT2D eigenvalue weighted by molar-refractivity contribution is 8.18. The number of anilines is 1. The number of thiazole rings is 1. The lowest BCUT2D eigenvalue weighted by Crippen LogP contribution is -2.18. The largest absolute Gasteiger partial charge is 0.298 e. The Bertz CT molecular complexity index is 846. The highest BCUT2D eigenvalue weighted by Gasteiger charge is 2.26. The van der Waals surface area contributed by atoms with Crippen molar-refractivity contribution in [2.75, 3.05) is 5.32 Å². The van der Waals surface area contributed by atoms with Crippen LogP contribution in [0, 0.1) is 5.82 Å². The number of nitrogens with one attached hydrogen (secondary N) is 2. The predicted octanol–water partition coefficient (Wildman–Crippen LogP) is 2.68. The summed E-state index contributed by atoms with van der Waals surface area (Å²) in [6, 6.07) is 6.14. The maximum atomic E-state index is 12.9. The number of amides is 3. The maximum absolute atomic E-state index is 12.9. The summed E-state index contributed by atoms with van der Waals surface area (Å²) in [6.07, 6.45) is 3.25. The van der Waals surface area contributed by atoms with Crippen molar-refractivity contribution < 1.29 is 18.8 Å². The van der Waals surface area contributed by atoms with Crippen LogP contribution in [-0.4, -0.2) is 22.0 Å². The minimum Gasteiger partial charge on any atom is -0.298 e. The van der Waals surface area contributed by atoms with Crippen LogP contribution in [-0.2, 0) is 16.0 Å². The van der Waals surface area contributed by atoms with Crippen LogP contribution in [0.25, 0.3) is 0 Å². The van der Waals surface area contributed by atoms with Crippen molar-refractivity contribution in [3.8, 4) is 0 Å². The monoisotopic (exact) mass is 363 g/mol. The zero-order chi connectivity index (χ0) is 17.1. The van der Waals surface area contributed by atoms with Crippen LogP contribution >= 0.6 is 23.1 Å². The molecule has 1 aromatic heterocycles. The molecule has 2 aromatic rings. The minimum absolute atomic E-state index is 0.0422. The molecule has 1 aliphatic rings. The number of imide groups is 1. The third-order valence-electron chi connectivity index (χ3n) is 2.98. The van der Waals surface area contributed by atoms with Crippen molar-refractivity contribution in [3.63, 3.8) is 0 Å². The van der Waals surface area contributed by atoms with Crippen molar-refractivity contribution in [1.82, 2.24) is 10.3 Å². The molecule has 0 aliphatic carbocycles. The topological polar surface area (TPSA) is 88.2 Å². The molecule has 9 heteroatoms. The lowest BCUT2D eigenvalue weighted by atomic mass is 10.1. The molecular formula is C15H10FN3O3S2. The maximum Gasteiger partial charge on any atom is 0.290 e. The fraction of sp³-hybridized carbons (Fsp3) is 0.0667. The van der Waals surface area contributed by atoms with Crippen LogP contribution in [0.15, 0.2) is 41.4 Å². The summed E-state index contributed by atoms with van der Waals surface area (Å²) < 4.78 is 12.9. The number of carbonyl (C=O) groups excluding carboxylic acids is 3. The van der Waals surface area contributed by atoms with E-state index in [9.17, 15) is 18.8 Å². The summed E-state index contributed by atoms with van der Waals surface area (Å²) in [5.74, 6) is -1.42. The van der Waals surface area contributed by atoms with Crippen LogP contribution < -0.4 is 10.6 Å². The first kappa shape index (κ1) is 16.3. The molecular weight excluding hydrogens is 353 g/mol. The highest BCUT2D eigenvalue weighted by atomic mass is 32.2. The molecule has 1 fully saturated rings. The molecule has 3 rings (SSSR count). The number of rotatable bonds is 4. The van der Waals surface area contributed by atoms with Crippen LogP contribution in [0.3, 0.4) is 0 Å². The van der Waals surface area contributed by atoms with E-state index in [0.717, 1.165) is 16.5 Å². The number of halogens is 1. The molecule has 2 heterocycles. The van der Waals surface area contributed by atoms with Crippen LogP contribution in [0.1, 0.15) is 10.4 Å². The van der Waals surface area contributed by atoms with Gasteiger partial charge in [0.1, 0.15) is 5.82 Å². The number of nitrogens with zero attached hydrogens (tertiary/aromatic N) is 1. The molecule has 1 aromatic carbocycles. The van der Waals surface area contributed by atoms with Crippen molar-refractivity contribution in [3.05, 3.63) is 57.7 Å². The molecule has 0 spiro atoms. The minimum atomic E-state index is -0.587. The summed E-state index contributed by atoms with van der Waals surface area (Å²) in [7, 11) is 0. The van der Waals surface area contributed by atoms with E-state index in [4.69, 9.17) is 0 Å². The summed E-state index contributed by atoms with van der Waals surface area (Å²) in [5.41, 5.74) is 0.928. The van der Waals surface area contributed by atoms with Crippen molar-refractivity contribution in [2.24, 2.45) is 0 Å². The summed E-state index contributed by atoms with van der Waals surface area (Å²) in [5, 5.41) is 4.49. The molecule has 0 bridgehead atoms. The first-order valence-corrected chi connectivity index (χ1v) is 8.38. The highest BCUT2D eigenvalue weighted by Crippen LogP contribution is 2.24. The third-order valence-corrected chi connectivity index (χ3v) is 4.70. The Balaban J connectivity index is 1.62. The SMILES string of the molecule is O=C(/C=C1\SC(=O)NC1=O)Nc1ncc(Cc2ccc(F)cc2)s1. The molecule has 0 unspecified atom stereocenters. The molecule has 1 aliphatic heterocycles. The van der Waals surface area contributed by atoms with Gasteiger partial charge in [-0.2, -0.15) is 0 Å². The second-order valence-electron chi connectivity index (χ2n) is 4.78. The van der Waals surface area contributed by atoms with Crippen LogP contribution in [0.5, 0.6) is 0 Å². The zero-order valence-corrected chi connectivity index (χ0v) is 13.7. The Hall–Kier alpha value is -2.52. The lowest BCUT2D eigenvalue weighted by molar-refractivity contribution is -0.116. The average Bonchev–Trinajstić information content (AvgIpc) is 3.08. The fourth-order valence-corrected chi connectivity index (χ4v) is 3.43. The normalized spacial score (nSPS) is 15.6. The van der Waals surface area contributed by atoms with E-state index in [1.165, 1.54) is 23.5 Å². The van der Waals surface area contributed by atoms with Crippen LogP contribution in [0.2, 0.25) is 0 Å². The Morgan fingerprint density at radius 1 is 1.29 bits per heavy atom. The lowest BCUT2D eigenvalue weighted by Gasteiger charge is -1.98. The third kappa shape index (κ3) is 4.06. The fourth-order valence-electron chi connectivity index (χ4n) is 1.93. The van der Waals surface area contributed by atoms with Crippen LogP contribution in [0.4, 0.5) is 14.3 Å². The van der Waals surface area contributed by atoms with Crippen molar-refractivity contribution in [1.29, 1.82) is 0 Å². The average molecular weight is 363 g/mol. The van der Waals surface area contributed by atoms with Gasteiger partial charge >= 0.3 is 0 Å². The van der Waals surface area contributed by atoms with Gasteiger partial charge in [-0.25, -0.2) is 9.37 Å². The molecule has 3 amide bonds. The van der Waals surface area contributed by atoms with Gasteiger partial charge in [0.15, 0.2) is 5.13 Å². The van der Waals surface area contributed by atoms with Gasteiger partial charge in [0, 0.05) is 23.6 Å². The second-order valence-corrected chi connectivity index (χ2v) is 6.91. The Morgan fingerprint density at radius 3 is 2.71 bits per heavy atom. The van der Waals surface area contributed by atoms with E-state index < -0.39 is 17.1 Å². The van der Waals surface area contributed by atoms with Gasteiger partial charge in [-0.3, -0.25) is 25.0 Å². The summed E-state index contributed by atoms with van der Waals surface area (Å²) >= 11 is 1.95. The van der Waals surface area contributed by atoms with E-state index >= 15 is 0 Å². The van der Waals surface area contributed by atoms with E-state index in [0.29, 0.717) is 23.3 Å². The van der Waals surface area contributed by atoms with Gasteiger partial charge < -0.3 is 0 Å². The van der Waals surface area contributed by atoms with Crippen molar-refractivity contribution in [2.45, 2.75) is 6.42 Å². The van der Waals surface area contributed by atoms with Gasteiger partial charge in [-0.05, 0) is 29.5 Å². The summed E-state index contributed by atoms with van der Waals surface area (Å²) in [4.78, 5) is 39.3. The van der Waals surface area contributed by atoms with Crippen molar-refractivity contribution >= 4 is 45.3 Å². The molecule has 0 atom stereocenters. The van der Waals surface area contributed by atoms with E-state index in [1.807, 2.05) is 0 Å². The molecule has 0 radical (unpaired) electrons. The number of hydrogen-bond acceptors (Lipinski definition) is 6. The van der Waals surface area contributed by atoms with Gasteiger partial charge in [-0.15, -0.1) is 11.3 Å². The molecule has 24 heavy (non-hydrogen) atoms. The molecule has 6 nitrogen and oxygen atoms in total. The van der Waals surface area contributed by atoms with E-state index in [-0.39, 0.29) is 10.7 Å².